The molecule has 4 N–H and O–H groups in total. The lowest BCUT2D eigenvalue weighted by atomic mass is 9.78. The van der Waals surface area contributed by atoms with E-state index in [-0.39, 0.29) is 54.9 Å². The summed E-state index contributed by atoms with van der Waals surface area (Å²) in [7, 11) is 4.59. The third kappa shape index (κ3) is 14.5. The molecule has 3 fully saturated rings. The molecule has 3 aliphatic heterocycles. The van der Waals surface area contributed by atoms with Crippen molar-refractivity contribution in [3.05, 3.63) is 47.6 Å². The number of aliphatic hydroxyl groups is 4. The number of methoxy groups -OCH3 is 3. The van der Waals surface area contributed by atoms with Crippen LogP contribution >= 0.6 is 0 Å². The zero-order valence-corrected chi connectivity index (χ0v) is 40.7. The summed E-state index contributed by atoms with van der Waals surface area (Å²) in [6.07, 6.45) is 10.9. The molecule has 4 rings (SSSR count). The predicted molar refractivity (Wildman–Crippen MR) is 246 cm³/mol. The van der Waals surface area contributed by atoms with Gasteiger partial charge in [0.1, 0.15) is 30.1 Å². The minimum absolute atomic E-state index is 0.0801. The monoisotopic (exact) mass is 916 g/mol. The summed E-state index contributed by atoms with van der Waals surface area (Å²) >= 11 is 0. The van der Waals surface area contributed by atoms with E-state index in [1.54, 1.807) is 41.1 Å². The standard InChI is InChI=1S/C51H81NO13/c1-30-16-12-11-13-17-31(2)42(61-8)28-38-21-19-36(7)51(60,65-38)48(57)49(58)52-23-15-14-18-39(52)50(59)64-43(33(4)26-37-20-22-40(53)44(27-37)62-9)29-41(54)32(3)25-35(6)46(56)47(63-10)45(55)34(5)24-30/h11-13,16-17,25,30,32-34,36-40,42-47,53,55-56,60H,14-15,18-24,26-29H2,1-10H3/b13-11?,16-12+,31-17?,35-25+/t30-,32-,33-,34-,36-,37?,38?,39?,40-,42+,43+,44-,45+,46-,47+,51-/m1/s1. The molecule has 0 aromatic carbocycles. The number of amides is 1. The Kier molecular flexibility index (Phi) is 21.3. The van der Waals surface area contributed by atoms with Crippen molar-refractivity contribution in [2.45, 2.75) is 186 Å². The number of aliphatic hydroxyl groups excluding tert-OH is 3. The number of ketones is 2. The van der Waals surface area contributed by atoms with Gasteiger partial charge in [0.15, 0.2) is 0 Å². The van der Waals surface area contributed by atoms with Gasteiger partial charge in [-0.15, -0.1) is 0 Å². The molecule has 16 atom stereocenters. The van der Waals surface area contributed by atoms with Gasteiger partial charge in [0, 0.05) is 52.6 Å². The summed E-state index contributed by atoms with van der Waals surface area (Å²) in [5.41, 5.74) is 1.34. The van der Waals surface area contributed by atoms with Gasteiger partial charge in [0.25, 0.3) is 11.7 Å². The van der Waals surface area contributed by atoms with Crippen LogP contribution in [0, 0.1) is 35.5 Å². The number of Topliss-reactive ketones (excluding diaryl/α,β-unsaturated/α-hetero) is 2. The molecule has 3 heterocycles. The topological polar surface area (TPSA) is 199 Å². The Balaban J connectivity index is 1.70. The molecule has 14 heteroatoms. The van der Waals surface area contributed by atoms with Gasteiger partial charge in [-0.2, -0.15) is 0 Å². The Hall–Kier alpha value is -3.08. The molecule has 3 unspecified atom stereocenters. The van der Waals surface area contributed by atoms with Crippen LogP contribution in [0.1, 0.15) is 126 Å². The maximum atomic E-state index is 14.4. The molecule has 2 bridgehead atoms. The highest BCUT2D eigenvalue weighted by Crippen LogP contribution is 2.38. The second-order valence-corrected chi connectivity index (χ2v) is 19.8. The molecule has 0 aromatic heterocycles. The van der Waals surface area contributed by atoms with Gasteiger partial charge < -0.3 is 49.0 Å². The quantitative estimate of drug-likeness (QED) is 0.138. The lowest BCUT2D eigenvalue weighted by Gasteiger charge is -2.42. The number of carbonyl (C=O) groups is 4. The molecule has 0 aromatic rings. The molecule has 4 aliphatic rings. The Morgan fingerprint density at radius 2 is 1.57 bits per heavy atom. The number of piperidine rings is 1. The Morgan fingerprint density at radius 1 is 0.846 bits per heavy atom. The Morgan fingerprint density at radius 3 is 2.25 bits per heavy atom. The van der Waals surface area contributed by atoms with Crippen LogP contribution in [-0.2, 0) is 42.9 Å². The van der Waals surface area contributed by atoms with Gasteiger partial charge in [0.05, 0.1) is 30.5 Å². The summed E-state index contributed by atoms with van der Waals surface area (Å²) in [6.45, 7) is 13.0. The van der Waals surface area contributed by atoms with Crippen molar-refractivity contribution >= 4 is 23.4 Å². The van der Waals surface area contributed by atoms with Crippen molar-refractivity contribution in [2.75, 3.05) is 27.9 Å². The average molecular weight is 916 g/mol. The van der Waals surface area contributed by atoms with Gasteiger partial charge in [-0.25, -0.2) is 4.79 Å². The molecule has 0 spiro atoms. The van der Waals surface area contributed by atoms with Crippen molar-refractivity contribution in [1.29, 1.82) is 0 Å². The molecule has 0 radical (unpaired) electrons. The summed E-state index contributed by atoms with van der Waals surface area (Å²) in [5.74, 6) is -7.35. The van der Waals surface area contributed by atoms with Crippen molar-refractivity contribution in [2.24, 2.45) is 35.5 Å². The molecule has 2 saturated heterocycles. The second kappa shape index (κ2) is 25.3. The number of cyclic esters (lactones) is 1. The van der Waals surface area contributed by atoms with Crippen LogP contribution < -0.4 is 0 Å². The third-order valence-electron chi connectivity index (χ3n) is 14.7. The first-order chi connectivity index (χ1) is 30.7. The van der Waals surface area contributed by atoms with E-state index in [1.165, 1.54) is 12.0 Å². The van der Waals surface area contributed by atoms with Crippen LogP contribution in [0.25, 0.3) is 0 Å². The minimum Gasteiger partial charge on any atom is -0.460 e. The molecular weight excluding hydrogens is 835 g/mol. The van der Waals surface area contributed by atoms with E-state index < -0.39 is 84.1 Å². The molecule has 14 nitrogen and oxygen atoms in total. The smallest absolute Gasteiger partial charge is 0.329 e. The molecule has 368 valence electrons. The van der Waals surface area contributed by atoms with Crippen LogP contribution in [0.15, 0.2) is 47.6 Å². The van der Waals surface area contributed by atoms with E-state index in [1.807, 2.05) is 58.1 Å². The van der Waals surface area contributed by atoms with Crippen molar-refractivity contribution in [1.82, 2.24) is 4.90 Å². The number of esters is 1. The summed E-state index contributed by atoms with van der Waals surface area (Å²) in [4.78, 5) is 58.1. The minimum atomic E-state index is -2.42. The van der Waals surface area contributed by atoms with Gasteiger partial charge in [0.2, 0.25) is 5.79 Å². The normalized spacial score (nSPS) is 40.2. The lowest BCUT2D eigenvalue weighted by Crippen LogP contribution is -2.61. The molecule has 65 heavy (non-hydrogen) atoms. The molecule has 1 aliphatic carbocycles. The maximum absolute atomic E-state index is 14.4. The van der Waals surface area contributed by atoms with Crippen LogP contribution in [0.4, 0.5) is 0 Å². The summed E-state index contributed by atoms with van der Waals surface area (Å²) in [5, 5.41) is 45.3. The Labute approximate surface area is 387 Å². The number of carbonyl (C=O) groups excluding carboxylic acids is 4. The number of ether oxygens (including phenoxy) is 5. The van der Waals surface area contributed by atoms with Crippen LogP contribution in [0.5, 0.6) is 0 Å². The number of nitrogens with zero attached hydrogens (tertiary/aromatic N) is 1. The fourth-order valence-corrected chi connectivity index (χ4v) is 10.3. The van der Waals surface area contributed by atoms with Crippen LogP contribution in [0.3, 0.4) is 0 Å². The number of rotatable bonds is 6. The van der Waals surface area contributed by atoms with E-state index in [4.69, 9.17) is 23.7 Å². The zero-order valence-electron chi connectivity index (χ0n) is 40.7. The highest BCUT2D eigenvalue weighted by atomic mass is 16.6. The van der Waals surface area contributed by atoms with E-state index in [0.29, 0.717) is 63.4 Å². The van der Waals surface area contributed by atoms with Crippen LogP contribution in [0.2, 0.25) is 0 Å². The highest BCUT2D eigenvalue weighted by molar-refractivity contribution is 6.39. The van der Waals surface area contributed by atoms with E-state index in [0.717, 1.165) is 12.0 Å². The van der Waals surface area contributed by atoms with Crippen LogP contribution in [-0.4, -0.2) is 137 Å². The zero-order chi connectivity index (χ0) is 48.2. The van der Waals surface area contributed by atoms with Crippen molar-refractivity contribution in [3.8, 4) is 0 Å². The van der Waals surface area contributed by atoms with E-state index >= 15 is 0 Å². The van der Waals surface area contributed by atoms with Gasteiger partial charge >= 0.3 is 5.97 Å². The first-order valence-electron chi connectivity index (χ1n) is 24.1. The summed E-state index contributed by atoms with van der Waals surface area (Å²) in [6, 6.07) is -1.13. The first kappa shape index (κ1) is 54.5. The SMILES string of the molecule is CO[C@H]1[C@@H](O)[C@H](C)C[C@H](C)/C=C/C=CC=C(C)[C@@H](OC)CC2CC[C@@H](C)[C@@](O)(O2)C(=O)C(=O)N2CCCCC2C(=O)O[C@H]([C@H](C)CC2CC[C@@H](O)[C@H](OC)C2)CC(=O)[C@H](C)/C=C(\C)[C@H]1O. The predicted octanol–water partition coefficient (Wildman–Crippen LogP) is 5.97. The number of allylic oxidation sites excluding steroid dienone is 6. The van der Waals surface area contributed by atoms with Gasteiger partial charge in [-0.1, -0.05) is 71.1 Å². The number of hydrogen-bond acceptors (Lipinski definition) is 13. The van der Waals surface area contributed by atoms with Crippen molar-refractivity contribution in [3.63, 3.8) is 0 Å². The van der Waals surface area contributed by atoms with Crippen molar-refractivity contribution < 1.29 is 63.3 Å². The highest BCUT2D eigenvalue weighted by Gasteiger charge is 2.53. The molecule has 1 saturated carbocycles. The fraction of sp³-hybridized carbons (Fsp3) is 0.765. The second-order valence-electron chi connectivity index (χ2n) is 19.8. The maximum Gasteiger partial charge on any atom is 0.329 e. The lowest BCUT2D eigenvalue weighted by molar-refractivity contribution is -0.265. The molecular formula is C51H81NO13. The fourth-order valence-electron chi connectivity index (χ4n) is 10.3. The first-order valence-corrected chi connectivity index (χ1v) is 24.1. The summed E-state index contributed by atoms with van der Waals surface area (Å²) < 4.78 is 29.5. The number of hydrogen-bond donors (Lipinski definition) is 4. The largest absolute Gasteiger partial charge is 0.460 e. The van der Waals surface area contributed by atoms with E-state index in [2.05, 4.69) is 0 Å². The van der Waals surface area contributed by atoms with Gasteiger partial charge in [-0.3, -0.25) is 14.4 Å². The third-order valence-corrected chi connectivity index (χ3v) is 14.7. The average Bonchev–Trinajstić information content (AvgIpc) is 3.28. The number of fused-ring (bicyclic) bond motifs is 3. The molecule has 1 amide bonds. The Bertz CT molecular complexity index is 1710. The van der Waals surface area contributed by atoms with E-state index in [9.17, 15) is 39.6 Å². The van der Waals surface area contributed by atoms with Gasteiger partial charge in [-0.05, 0) is 113 Å².